The van der Waals surface area contributed by atoms with Crippen molar-refractivity contribution in [3.63, 3.8) is 0 Å². The first-order chi connectivity index (χ1) is 24.9. The molecule has 2 N–H and O–H groups in total. The highest BCUT2D eigenvalue weighted by Crippen LogP contribution is 2.39. The van der Waals surface area contributed by atoms with Crippen LogP contribution in [0, 0.1) is 0 Å². The third-order valence-corrected chi connectivity index (χ3v) is 10.8. The van der Waals surface area contributed by atoms with E-state index in [2.05, 4.69) is 6.92 Å². The molecule has 51 heavy (non-hydrogen) atoms. The smallest absolute Gasteiger partial charge is 0.340 e. The van der Waals surface area contributed by atoms with Crippen LogP contribution < -0.4 is 8.92 Å². The van der Waals surface area contributed by atoms with Crippen molar-refractivity contribution >= 4 is 21.9 Å². The summed E-state index contributed by atoms with van der Waals surface area (Å²) >= 11 is 1.33. The Hall–Kier alpha value is -4.12. The fraction of sp³-hybridized carbons (Fsp3) is 0.286. The Morgan fingerprint density at radius 1 is 0.725 bits per heavy atom. The van der Waals surface area contributed by atoms with Crippen LogP contribution in [0.2, 0.25) is 0 Å². The Morgan fingerprint density at radius 3 is 2.27 bits per heavy atom. The normalized spacial score (nSPS) is 12.1. The van der Waals surface area contributed by atoms with Crippen molar-refractivity contribution < 1.29 is 32.3 Å². The van der Waals surface area contributed by atoms with Gasteiger partial charge in [-0.2, -0.15) is 8.42 Å². The predicted molar refractivity (Wildman–Crippen MR) is 203 cm³/mol. The summed E-state index contributed by atoms with van der Waals surface area (Å²) in [5, 5.41) is 20.6. The molecule has 0 saturated carbocycles. The van der Waals surface area contributed by atoms with Gasteiger partial charge < -0.3 is 23.9 Å². The van der Waals surface area contributed by atoms with Crippen molar-refractivity contribution in [3.05, 3.63) is 138 Å². The average Bonchev–Trinajstić information content (AvgIpc) is 3.15. The first-order valence-electron chi connectivity index (χ1n) is 17.5. The molecule has 7 nitrogen and oxygen atoms in total. The average molecular weight is 727 g/mol. The third kappa shape index (κ3) is 11.2. The van der Waals surface area contributed by atoms with Crippen molar-refractivity contribution in [2.24, 2.45) is 0 Å². The summed E-state index contributed by atoms with van der Waals surface area (Å²) in [7, 11) is -4.26. The zero-order valence-corrected chi connectivity index (χ0v) is 30.6. The van der Waals surface area contributed by atoms with Crippen LogP contribution in [0.1, 0.15) is 68.2 Å². The maximum Gasteiger partial charge on any atom is 0.340 e. The van der Waals surface area contributed by atoms with E-state index in [-0.39, 0.29) is 17.3 Å². The van der Waals surface area contributed by atoms with E-state index in [1.54, 1.807) is 42.5 Å². The molecule has 0 heterocycles. The lowest BCUT2D eigenvalue weighted by Gasteiger charge is -2.19. The summed E-state index contributed by atoms with van der Waals surface area (Å²) in [6, 6.07) is 36.5. The summed E-state index contributed by atoms with van der Waals surface area (Å²) in [4.78, 5) is 1.38. The molecule has 5 aromatic carbocycles. The summed E-state index contributed by atoms with van der Waals surface area (Å²) in [6.07, 6.45) is 4.80. The van der Waals surface area contributed by atoms with Crippen LogP contribution in [0.4, 0.5) is 0 Å². The number of rotatable bonds is 20. The van der Waals surface area contributed by atoms with Crippen LogP contribution in [0.25, 0.3) is 11.1 Å². The minimum Gasteiger partial charge on any atom is -0.494 e. The maximum atomic E-state index is 13.9. The lowest BCUT2D eigenvalue weighted by atomic mass is 9.92. The molecule has 0 aliphatic carbocycles. The highest BCUT2D eigenvalue weighted by Gasteiger charge is 2.24. The minimum absolute atomic E-state index is 0.0249. The van der Waals surface area contributed by atoms with E-state index in [1.165, 1.54) is 11.8 Å². The van der Waals surface area contributed by atoms with Gasteiger partial charge in [-0.15, -0.1) is 0 Å². The first kappa shape index (κ1) is 38.1. The quantitative estimate of drug-likeness (QED) is 0.0604. The van der Waals surface area contributed by atoms with Gasteiger partial charge in [0.15, 0.2) is 0 Å². The summed E-state index contributed by atoms with van der Waals surface area (Å²) in [5.41, 5.74) is 3.64. The summed E-state index contributed by atoms with van der Waals surface area (Å²) in [6.45, 7) is 4.04. The highest BCUT2D eigenvalue weighted by molar-refractivity contribution is 8.00. The van der Waals surface area contributed by atoms with E-state index < -0.39 is 16.2 Å². The molecule has 0 spiro atoms. The van der Waals surface area contributed by atoms with Crippen molar-refractivity contribution in [1.82, 2.24) is 0 Å². The number of hydrogen-bond donors (Lipinski definition) is 2. The molecular weight excluding hydrogens is 681 g/mol. The van der Waals surface area contributed by atoms with Crippen LogP contribution in [-0.4, -0.2) is 38.5 Å². The van der Waals surface area contributed by atoms with Crippen molar-refractivity contribution in [1.29, 1.82) is 0 Å². The molecule has 0 radical (unpaired) electrons. The number of hydrogen-bond acceptors (Lipinski definition) is 8. The fourth-order valence-electron chi connectivity index (χ4n) is 5.56. The molecule has 5 aromatic rings. The van der Waals surface area contributed by atoms with Crippen LogP contribution in [0.3, 0.4) is 0 Å². The van der Waals surface area contributed by atoms with Gasteiger partial charge in [0.2, 0.25) is 0 Å². The number of aliphatic hydroxyl groups is 2. The number of ether oxygens (including phenoxy) is 2. The van der Waals surface area contributed by atoms with Gasteiger partial charge in [-0.1, -0.05) is 111 Å². The van der Waals surface area contributed by atoms with Crippen molar-refractivity contribution in [2.75, 3.05) is 19.8 Å². The van der Waals surface area contributed by atoms with E-state index in [1.807, 2.05) is 78.9 Å². The summed E-state index contributed by atoms with van der Waals surface area (Å²) < 4.78 is 45.2. The fourth-order valence-corrected chi connectivity index (χ4v) is 7.85. The SMILES string of the molecule is CCCCOc1ccc(Sc2ccc(-c3ccccc3C(O)c3cccc(COCCCCCCO)c3)cc2S(=O)(=O)Oc2ccccc2)cc1. The maximum absolute atomic E-state index is 13.9. The van der Waals surface area contributed by atoms with E-state index in [0.29, 0.717) is 47.0 Å². The van der Waals surface area contributed by atoms with E-state index >= 15 is 0 Å². The van der Waals surface area contributed by atoms with Gasteiger partial charge in [0.05, 0.1) is 13.2 Å². The number of unbranched alkanes of at least 4 members (excludes halogenated alkanes) is 4. The topological polar surface area (TPSA) is 102 Å². The molecule has 268 valence electrons. The van der Waals surface area contributed by atoms with Gasteiger partial charge in [0, 0.05) is 23.0 Å². The zero-order valence-electron chi connectivity index (χ0n) is 28.9. The van der Waals surface area contributed by atoms with E-state index in [0.717, 1.165) is 54.7 Å². The number of aliphatic hydroxyl groups excluding tert-OH is 2. The lowest BCUT2D eigenvalue weighted by Crippen LogP contribution is -2.11. The molecule has 0 amide bonds. The van der Waals surface area contributed by atoms with Crippen molar-refractivity contribution in [3.8, 4) is 22.6 Å². The van der Waals surface area contributed by atoms with E-state index in [9.17, 15) is 13.5 Å². The second-order valence-corrected chi connectivity index (χ2v) is 14.8. The van der Waals surface area contributed by atoms with Gasteiger partial charge in [0.25, 0.3) is 0 Å². The minimum atomic E-state index is -4.26. The molecule has 0 aromatic heterocycles. The van der Waals surface area contributed by atoms with Gasteiger partial charge in [0.1, 0.15) is 22.5 Å². The van der Waals surface area contributed by atoms with Crippen LogP contribution in [0.5, 0.6) is 11.5 Å². The molecule has 0 bridgehead atoms. The molecule has 0 aliphatic heterocycles. The highest BCUT2D eigenvalue weighted by atomic mass is 32.2. The van der Waals surface area contributed by atoms with Gasteiger partial charge in [-0.05, 0) is 95.6 Å². The largest absolute Gasteiger partial charge is 0.494 e. The molecular formula is C42H46O7S2. The second kappa shape index (κ2) is 19.5. The van der Waals surface area contributed by atoms with Crippen LogP contribution >= 0.6 is 11.8 Å². The Bertz CT molecular complexity index is 1910. The molecule has 5 rings (SSSR count). The zero-order chi connectivity index (χ0) is 35.9. The van der Waals surface area contributed by atoms with E-state index in [4.69, 9.17) is 18.8 Å². The molecule has 0 saturated heterocycles. The molecule has 0 aliphatic rings. The van der Waals surface area contributed by atoms with Crippen molar-refractivity contribution in [2.45, 2.75) is 72.8 Å². The first-order valence-corrected chi connectivity index (χ1v) is 19.7. The Morgan fingerprint density at radius 2 is 1.49 bits per heavy atom. The lowest BCUT2D eigenvalue weighted by molar-refractivity contribution is 0.116. The number of para-hydroxylation sites is 1. The van der Waals surface area contributed by atoms with Gasteiger partial charge in [-0.3, -0.25) is 0 Å². The van der Waals surface area contributed by atoms with Crippen LogP contribution in [-0.2, 0) is 21.5 Å². The summed E-state index contributed by atoms with van der Waals surface area (Å²) in [5.74, 6) is 0.982. The van der Waals surface area contributed by atoms with Gasteiger partial charge >= 0.3 is 10.1 Å². The van der Waals surface area contributed by atoms with Gasteiger partial charge in [-0.25, -0.2) is 0 Å². The Labute approximate surface area is 306 Å². The van der Waals surface area contributed by atoms with Crippen LogP contribution in [0.15, 0.2) is 136 Å². The Balaban J connectivity index is 1.42. The molecule has 9 heteroatoms. The monoisotopic (exact) mass is 726 g/mol. The molecule has 0 fully saturated rings. The predicted octanol–water partition coefficient (Wildman–Crippen LogP) is 9.60. The standard InChI is InChI=1S/C42H46O7S2/c1-2-3-28-48-35-21-23-37(24-22-35)50-40-25-20-33(30-41(40)51(45,46)49-36-16-7-6-8-17-36)38-18-9-10-19-39(38)42(44)34-15-13-14-32(29-34)31-47-27-12-5-4-11-26-43/h6-10,13-25,29-30,42-44H,2-5,11-12,26-28,31H2,1H3. The second-order valence-electron chi connectivity index (χ2n) is 12.2. The Kier molecular flexibility index (Phi) is 14.6. The molecule has 1 atom stereocenters. The third-order valence-electron chi connectivity index (χ3n) is 8.28. The molecule has 1 unspecified atom stereocenters. The number of benzene rings is 5.